The number of hydrogen-bond acceptors (Lipinski definition) is 3. The van der Waals surface area contributed by atoms with Crippen LogP contribution >= 0.6 is 0 Å². The zero-order chi connectivity index (χ0) is 18.8. The third kappa shape index (κ3) is 3.63. The zero-order valence-electron chi connectivity index (χ0n) is 16.3. The highest BCUT2D eigenvalue weighted by Gasteiger charge is 2.42. The molecule has 1 aromatic rings. The lowest BCUT2D eigenvalue weighted by molar-refractivity contribution is -0.168. The van der Waals surface area contributed by atoms with Crippen molar-refractivity contribution in [3.63, 3.8) is 0 Å². The topological polar surface area (TPSA) is 49.9 Å². The van der Waals surface area contributed by atoms with Crippen molar-refractivity contribution in [2.75, 3.05) is 26.7 Å². The van der Waals surface area contributed by atoms with Gasteiger partial charge in [-0.25, -0.2) is 0 Å². The van der Waals surface area contributed by atoms with Crippen LogP contribution in [0.15, 0.2) is 24.3 Å². The maximum absolute atomic E-state index is 13.2. The minimum Gasteiger partial charge on any atom is -0.356 e. The van der Waals surface area contributed by atoms with E-state index in [1.165, 1.54) is 0 Å². The summed E-state index contributed by atoms with van der Waals surface area (Å²) in [6.45, 7) is 8.04. The van der Waals surface area contributed by atoms with E-state index < -0.39 is 6.10 Å². The Morgan fingerprint density at radius 1 is 1.19 bits per heavy atom. The van der Waals surface area contributed by atoms with Gasteiger partial charge in [-0.1, -0.05) is 38.1 Å². The van der Waals surface area contributed by atoms with E-state index in [1.807, 2.05) is 36.1 Å². The number of piperidine rings is 1. The number of carbonyl (C=O) groups excluding carboxylic acids is 2. The highest BCUT2D eigenvalue weighted by atomic mass is 16.5. The molecule has 2 fully saturated rings. The summed E-state index contributed by atoms with van der Waals surface area (Å²) in [6, 6.07) is 7.55. The number of ether oxygens (including phenoxy) is 1. The third-order valence-corrected chi connectivity index (χ3v) is 6.03. The fraction of sp³-hybridized carbons (Fsp3) is 0.619. The van der Waals surface area contributed by atoms with Crippen molar-refractivity contribution in [3.05, 3.63) is 35.4 Å². The van der Waals surface area contributed by atoms with Crippen molar-refractivity contribution in [2.24, 2.45) is 11.8 Å². The van der Waals surface area contributed by atoms with E-state index >= 15 is 0 Å². The molecule has 0 aromatic heterocycles. The zero-order valence-corrected chi connectivity index (χ0v) is 16.3. The molecule has 5 heteroatoms. The largest absolute Gasteiger partial charge is 0.356 e. The van der Waals surface area contributed by atoms with Crippen molar-refractivity contribution in [1.29, 1.82) is 0 Å². The Morgan fingerprint density at radius 2 is 1.85 bits per heavy atom. The van der Waals surface area contributed by atoms with Gasteiger partial charge in [0.05, 0.1) is 6.04 Å². The number of aryl methyl sites for hydroxylation is 1. The summed E-state index contributed by atoms with van der Waals surface area (Å²) in [4.78, 5) is 29.1. The Hall–Kier alpha value is -1.88. The highest BCUT2D eigenvalue weighted by Crippen LogP contribution is 2.33. The molecule has 5 nitrogen and oxygen atoms in total. The lowest BCUT2D eigenvalue weighted by Crippen LogP contribution is -2.55. The molecule has 26 heavy (non-hydrogen) atoms. The Morgan fingerprint density at radius 3 is 2.46 bits per heavy atom. The molecule has 2 aliphatic heterocycles. The quantitative estimate of drug-likeness (QED) is 0.835. The van der Waals surface area contributed by atoms with Crippen LogP contribution in [0.4, 0.5) is 0 Å². The van der Waals surface area contributed by atoms with Gasteiger partial charge in [-0.15, -0.1) is 0 Å². The second kappa shape index (κ2) is 7.78. The van der Waals surface area contributed by atoms with Gasteiger partial charge in [0.15, 0.2) is 6.10 Å². The van der Waals surface area contributed by atoms with Crippen LogP contribution in [0.25, 0.3) is 0 Å². The second-order valence-corrected chi connectivity index (χ2v) is 7.94. The molecule has 0 unspecified atom stereocenters. The van der Waals surface area contributed by atoms with Crippen molar-refractivity contribution in [3.8, 4) is 0 Å². The first kappa shape index (κ1) is 18.9. The fourth-order valence-corrected chi connectivity index (χ4v) is 4.18. The number of morpholine rings is 1. The molecule has 0 bridgehead atoms. The number of amides is 2. The molecule has 2 amide bonds. The van der Waals surface area contributed by atoms with E-state index in [0.717, 1.165) is 37.1 Å². The minimum absolute atomic E-state index is 0.0137. The average Bonchev–Trinajstić information content (AvgIpc) is 2.64. The maximum Gasteiger partial charge on any atom is 0.254 e. The molecule has 0 N–H and O–H groups in total. The van der Waals surface area contributed by atoms with E-state index in [2.05, 4.69) is 13.8 Å². The van der Waals surface area contributed by atoms with Crippen LogP contribution in [0.3, 0.4) is 0 Å². The summed E-state index contributed by atoms with van der Waals surface area (Å²) < 4.78 is 5.79. The van der Waals surface area contributed by atoms with Crippen LogP contribution in [-0.2, 0) is 14.3 Å². The van der Waals surface area contributed by atoms with Gasteiger partial charge in [-0.05, 0) is 42.7 Å². The van der Waals surface area contributed by atoms with Gasteiger partial charge < -0.3 is 14.5 Å². The van der Waals surface area contributed by atoms with Gasteiger partial charge in [0.25, 0.3) is 5.91 Å². The van der Waals surface area contributed by atoms with Gasteiger partial charge in [0.1, 0.15) is 6.61 Å². The Bertz CT molecular complexity index is 665. The standard InChI is InChI=1S/C21H30N2O3/c1-14(2)16-9-11-23(12-10-16)21(25)20-19(22(4)18(24)13-26-20)17-8-6-5-7-15(17)3/h5-8,14,16,19-20H,9-13H2,1-4H3/t19-,20+/m1/s1. The van der Waals surface area contributed by atoms with Crippen molar-refractivity contribution < 1.29 is 14.3 Å². The van der Waals surface area contributed by atoms with Gasteiger partial charge in [0, 0.05) is 20.1 Å². The number of nitrogens with zero attached hydrogens (tertiary/aromatic N) is 2. The predicted molar refractivity (Wildman–Crippen MR) is 101 cm³/mol. The van der Waals surface area contributed by atoms with E-state index in [4.69, 9.17) is 4.74 Å². The summed E-state index contributed by atoms with van der Waals surface area (Å²) in [6.07, 6.45) is 1.45. The van der Waals surface area contributed by atoms with Crippen LogP contribution in [0.1, 0.15) is 43.9 Å². The molecule has 2 aliphatic rings. The summed E-state index contributed by atoms with van der Waals surface area (Å²) in [5, 5.41) is 0. The maximum atomic E-state index is 13.2. The normalized spacial score (nSPS) is 25.0. The van der Waals surface area contributed by atoms with Crippen LogP contribution in [0.5, 0.6) is 0 Å². The number of carbonyl (C=O) groups is 2. The SMILES string of the molecule is Cc1ccccc1[C@@H]1[C@@H](C(=O)N2CCC(C(C)C)CC2)OCC(=O)N1C. The molecule has 2 heterocycles. The monoisotopic (exact) mass is 358 g/mol. The van der Waals surface area contributed by atoms with E-state index in [9.17, 15) is 9.59 Å². The molecule has 0 spiro atoms. The van der Waals surface area contributed by atoms with Crippen molar-refractivity contribution in [2.45, 2.75) is 45.8 Å². The summed E-state index contributed by atoms with van der Waals surface area (Å²) in [7, 11) is 1.77. The number of likely N-dealkylation sites (tertiary alicyclic amines) is 1. The number of benzene rings is 1. The lowest BCUT2D eigenvalue weighted by Gasteiger charge is -2.42. The summed E-state index contributed by atoms with van der Waals surface area (Å²) in [5.41, 5.74) is 2.05. The van der Waals surface area contributed by atoms with Crippen LogP contribution in [0, 0.1) is 18.8 Å². The summed E-state index contributed by atoms with van der Waals surface area (Å²) >= 11 is 0. The van der Waals surface area contributed by atoms with Crippen LogP contribution in [0.2, 0.25) is 0 Å². The average molecular weight is 358 g/mol. The molecule has 142 valence electrons. The fourth-order valence-electron chi connectivity index (χ4n) is 4.18. The molecule has 3 rings (SSSR count). The molecular formula is C21H30N2O3. The third-order valence-electron chi connectivity index (χ3n) is 6.03. The highest BCUT2D eigenvalue weighted by molar-refractivity contribution is 5.86. The number of likely N-dealkylation sites (N-methyl/N-ethyl adjacent to an activating group) is 1. The first-order chi connectivity index (χ1) is 12.4. The van der Waals surface area contributed by atoms with Crippen molar-refractivity contribution >= 4 is 11.8 Å². The van der Waals surface area contributed by atoms with Crippen molar-refractivity contribution in [1.82, 2.24) is 9.80 Å². The minimum atomic E-state index is -0.630. The van der Waals surface area contributed by atoms with Gasteiger partial charge in [0.2, 0.25) is 5.91 Å². The molecule has 2 atom stereocenters. The first-order valence-electron chi connectivity index (χ1n) is 9.61. The van der Waals surface area contributed by atoms with Crippen LogP contribution < -0.4 is 0 Å². The molecule has 0 aliphatic carbocycles. The Kier molecular flexibility index (Phi) is 5.66. The van der Waals surface area contributed by atoms with E-state index in [-0.39, 0.29) is 24.5 Å². The predicted octanol–water partition coefficient (Wildman–Crippen LogP) is 2.79. The summed E-state index contributed by atoms with van der Waals surface area (Å²) in [5.74, 6) is 1.27. The second-order valence-electron chi connectivity index (χ2n) is 7.94. The number of rotatable bonds is 3. The molecular weight excluding hydrogens is 328 g/mol. The Balaban J connectivity index is 1.81. The van der Waals surface area contributed by atoms with Gasteiger partial charge >= 0.3 is 0 Å². The Labute approximate surface area is 156 Å². The first-order valence-corrected chi connectivity index (χ1v) is 9.61. The molecule has 2 saturated heterocycles. The molecule has 0 radical (unpaired) electrons. The van der Waals surface area contributed by atoms with Gasteiger partial charge in [-0.2, -0.15) is 0 Å². The van der Waals surface area contributed by atoms with Crippen LogP contribution in [-0.4, -0.2) is 54.5 Å². The van der Waals surface area contributed by atoms with Gasteiger partial charge in [-0.3, -0.25) is 9.59 Å². The number of hydrogen-bond donors (Lipinski definition) is 0. The van der Waals surface area contributed by atoms with E-state index in [0.29, 0.717) is 11.8 Å². The lowest BCUT2D eigenvalue weighted by atomic mass is 9.86. The molecule has 0 saturated carbocycles. The molecule has 1 aromatic carbocycles. The smallest absolute Gasteiger partial charge is 0.254 e. The van der Waals surface area contributed by atoms with E-state index in [1.54, 1.807) is 11.9 Å².